The van der Waals surface area contributed by atoms with Crippen LogP contribution in [0.5, 0.6) is 0 Å². The topological polar surface area (TPSA) is 15.3 Å². The Morgan fingerprint density at radius 2 is 1.63 bits per heavy atom. The van der Waals surface area contributed by atoms with Gasteiger partial charge in [0.25, 0.3) is 0 Å². The van der Waals surface area contributed by atoms with Gasteiger partial charge in [-0.25, -0.2) is 0 Å². The molecule has 1 heterocycles. The number of nitrogens with zero attached hydrogens (tertiary/aromatic N) is 1. The summed E-state index contributed by atoms with van der Waals surface area (Å²) in [5.74, 6) is 1.03. The van der Waals surface area contributed by atoms with Crippen LogP contribution in [-0.4, -0.2) is 36.6 Å². The van der Waals surface area contributed by atoms with E-state index in [4.69, 9.17) is 0 Å². The predicted octanol–water partition coefficient (Wildman–Crippen LogP) is 3.03. The Labute approximate surface area is 118 Å². The van der Waals surface area contributed by atoms with E-state index in [2.05, 4.69) is 24.1 Å². The Morgan fingerprint density at radius 3 is 2.32 bits per heavy atom. The first-order valence-electron chi connectivity index (χ1n) is 8.47. The third kappa shape index (κ3) is 1.98. The van der Waals surface area contributed by atoms with Gasteiger partial charge in [-0.05, 0) is 74.8 Å². The van der Waals surface area contributed by atoms with Crippen LogP contribution in [0.3, 0.4) is 0 Å². The van der Waals surface area contributed by atoms with Crippen LogP contribution in [-0.2, 0) is 0 Å². The zero-order valence-corrected chi connectivity index (χ0v) is 12.8. The average Bonchev–Trinajstić information content (AvgIpc) is 2.52. The van der Waals surface area contributed by atoms with E-state index in [1.807, 2.05) is 0 Å². The molecule has 5 aliphatic rings. The van der Waals surface area contributed by atoms with Crippen molar-refractivity contribution in [1.29, 1.82) is 0 Å². The van der Waals surface area contributed by atoms with Gasteiger partial charge >= 0.3 is 0 Å². The molecule has 0 radical (unpaired) electrons. The smallest absolute Gasteiger partial charge is 0.0223 e. The highest BCUT2D eigenvalue weighted by atomic mass is 15.2. The minimum atomic E-state index is 0.578. The highest BCUT2D eigenvalue weighted by Crippen LogP contribution is 2.67. The van der Waals surface area contributed by atoms with Crippen LogP contribution in [0.15, 0.2) is 0 Å². The molecule has 5 fully saturated rings. The van der Waals surface area contributed by atoms with Crippen LogP contribution in [0.1, 0.15) is 58.8 Å². The third-order valence-corrected chi connectivity index (χ3v) is 6.61. The molecule has 5 rings (SSSR count). The van der Waals surface area contributed by atoms with E-state index >= 15 is 0 Å². The lowest BCUT2D eigenvalue weighted by atomic mass is 9.42. The van der Waals surface area contributed by atoms with Gasteiger partial charge in [0.1, 0.15) is 0 Å². The summed E-state index contributed by atoms with van der Waals surface area (Å²) in [6, 6.07) is 0. The fourth-order valence-corrected chi connectivity index (χ4v) is 7.06. The van der Waals surface area contributed by atoms with Crippen LogP contribution in [0.25, 0.3) is 0 Å². The molecule has 19 heavy (non-hydrogen) atoms. The van der Waals surface area contributed by atoms with Crippen molar-refractivity contribution in [1.82, 2.24) is 10.2 Å². The average molecular weight is 262 g/mol. The monoisotopic (exact) mass is 262 g/mol. The summed E-state index contributed by atoms with van der Waals surface area (Å²) in [6.07, 6.45) is 10.4. The predicted molar refractivity (Wildman–Crippen MR) is 79.2 cm³/mol. The lowest BCUT2D eigenvalue weighted by Gasteiger charge is -2.68. The molecule has 0 aromatic rings. The molecule has 0 amide bonds. The lowest BCUT2D eigenvalue weighted by Crippen LogP contribution is -2.65. The largest absolute Gasteiger partial charge is 0.315 e. The van der Waals surface area contributed by atoms with Gasteiger partial charge in [-0.3, -0.25) is 4.90 Å². The molecule has 0 spiro atoms. The molecular weight excluding hydrogens is 232 g/mol. The molecule has 2 nitrogen and oxygen atoms in total. The van der Waals surface area contributed by atoms with E-state index in [0.717, 1.165) is 5.92 Å². The SMILES string of the molecule is CC12CC3CC(C)(C1)CC(N1CCCNCC1)(C3)C2. The summed E-state index contributed by atoms with van der Waals surface area (Å²) in [5, 5.41) is 3.59. The highest BCUT2D eigenvalue weighted by molar-refractivity contribution is 5.15. The molecule has 2 heteroatoms. The van der Waals surface area contributed by atoms with Gasteiger partial charge in [0.05, 0.1) is 0 Å². The first-order chi connectivity index (χ1) is 9.01. The quantitative estimate of drug-likeness (QED) is 0.781. The van der Waals surface area contributed by atoms with Gasteiger partial charge in [0.2, 0.25) is 0 Å². The van der Waals surface area contributed by atoms with E-state index in [-0.39, 0.29) is 0 Å². The molecule has 1 saturated heterocycles. The second kappa shape index (κ2) is 3.98. The minimum absolute atomic E-state index is 0.578. The second-order valence-corrected chi connectivity index (χ2v) is 8.94. The van der Waals surface area contributed by atoms with Crippen LogP contribution in [0.2, 0.25) is 0 Å². The molecule has 108 valence electrons. The van der Waals surface area contributed by atoms with Crippen molar-refractivity contribution in [3.63, 3.8) is 0 Å². The summed E-state index contributed by atoms with van der Waals surface area (Å²) in [6.45, 7) is 10.3. The molecule has 4 bridgehead atoms. The fraction of sp³-hybridized carbons (Fsp3) is 1.00. The molecule has 4 saturated carbocycles. The van der Waals surface area contributed by atoms with Gasteiger partial charge in [-0.2, -0.15) is 0 Å². The molecule has 0 aromatic heterocycles. The molecular formula is C17H30N2. The van der Waals surface area contributed by atoms with Crippen LogP contribution in [0, 0.1) is 16.7 Å². The van der Waals surface area contributed by atoms with Crippen molar-refractivity contribution in [3.05, 3.63) is 0 Å². The lowest BCUT2D eigenvalue weighted by molar-refractivity contribution is -0.160. The van der Waals surface area contributed by atoms with Crippen LogP contribution >= 0.6 is 0 Å². The fourth-order valence-electron chi connectivity index (χ4n) is 7.06. The Bertz CT molecular complexity index is 351. The van der Waals surface area contributed by atoms with Crippen molar-refractivity contribution in [2.45, 2.75) is 64.3 Å². The number of hydrogen-bond acceptors (Lipinski definition) is 2. The van der Waals surface area contributed by atoms with Gasteiger partial charge in [0.15, 0.2) is 0 Å². The van der Waals surface area contributed by atoms with Gasteiger partial charge in [0, 0.05) is 18.6 Å². The molecule has 2 unspecified atom stereocenters. The molecule has 1 aliphatic heterocycles. The van der Waals surface area contributed by atoms with Gasteiger partial charge in [-0.1, -0.05) is 13.8 Å². The maximum absolute atomic E-state index is 3.59. The van der Waals surface area contributed by atoms with Crippen molar-refractivity contribution in [2.75, 3.05) is 26.2 Å². The normalized spacial score (nSPS) is 54.3. The second-order valence-electron chi connectivity index (χ2n) is 8.94. The summed E-state index contributed by atoms with van der Waals surface area (Å²) in [5.41, 5.74) is 1.90. The summed E-state index contributed by atoms with van der Waals surface area (Å²) in [4.78, 5) is 2.91. The molecule has 4 aliphatic carbocycles. The molecule has 2 atom stereocenters. The standard InChI is InChI=1S/C17H30N2/c1-15-8-14-9-16(2,11-15)13-17(10-14,12-15)19-6-3-4-18-5-7-19/h14,18H,3-13H2,1-2H3. The van der Waals surface area contributed by atoms with E-state index in [0.29, 0.717) is 16.4 Å². The molecule has 1 N–H and O–H groups in total. The third-order valence-electron chi connectivity index (χ3n) is 6.61. The zero-order chi connectivity index (χ0) is 13.1. The summed E-state index contributed by atoms with van der Waals surface area (Å²) < 4.78 is 0. The van der Waals surface area contributed by atoms with E-state index in [1.165, 1.54) is 71.1 Å². The first-order valence-corrected chi connectivity index (χ1v) is 8.47. The summed E-state index contributed by atoms with van der Waals surface area (Å²) in [7, 11) is 0. The minimum Gasteiger partial charge on any atom is -0.315 e. The van der Waals surface area contributed by atoms with Crippen molar-refractivity contribution < 1.29 is 0 Å². The van der Waals surface area contributed by atoms with Crippen molar-refractivity contribution in [2.24, 2.45) is 16.7 Å². The van der Waals surface area contributed by atoms with Crippen molar-refractivity contribution in [3.8, 4) is 0 Å². The number of rotatable bonds is 1. The highest BCUT2D eigenvalue weighted by Gasteiger charge is 2.61. The van der Waals surface area contributed by atoms with E-state index in [1.54, 1.807) is 0 Å². The van der Waals surface area contributed by atoms with E-state index < -0.39 is 0 Å². The Balaban J connectivity index is 1.66. The summed E-state index contributed by atoms with van der Waals surface area (Å²) >= 11 is 0. The Hall–Kier alpha value is -0.0800. The zero-order valence-electron chi connectivity index (χ0n) is 12.8. The molecule has 0 aromatic carbocycles. The van der Waals surface area contributed by atoms with Gasteiger partial charge < -0.3 is 5.32 Å². The Morgan fingerprint density at radius 1 is 0.895 bits per heavy atom. The maximum Gasteiger partial charge on any atom is 0.0223 e. The van der Waals surface area contributed by atoms with E-state index in [9.17, 15) is 0 Å². The van der Waals surface area contributed by atoms with Crippen molar-refractivity contribution >= 4 is 0 Å². The maximum atomic E-state index is 3.59. The number of hydrogen-bond donors (Lipinski definition) is 1. The van der Waals surface area contributed by atoms with Gasteiger partial charge in [-0.15, -0.1) is 0 Å². The first kappa shape index (κ1) is 12.6. The number of nitrogens with one attached hydrogen (secondary N) is 1. The Kier molecular flexibility index (Phi) is 2.65. The van der Waals surface area contributed by atoms with Crippen LogP contribution in [0.4, 0.5) is 0 Å². The van der Waals surface area contributed by atoms with Crippen LogP contribution < -0.4 is 5.32 Å².